The van der Waals surface area contributed by atoms with Gasteiger partial charge in [-0.2, -0.15) is 10.2 Å². The summed E-state index contributed by atoms with van der Waals surface area (Å²) in [4.78, 5) is 14.5. The molecule has 3 aromatic heterocycles. The number of rotatable bonds is 1. The van der Waals surface area contributed by atoms with Gasteiger partial charge in [-0.3, -0.25) is 9.36 Å². The number of methoxy groups -OCH3 is 1. The maximum absolute atomic E-state index is 13.4. The topological polar surface area (TPSA) is 76.1 Å². The van der Waals surface area contributed by atoms with Crippen LogP contribution in [-0.4, -0.2) is 43.8 Å². The Kier molecular flexibility index (Phi) is 8.42. The van der Waals surface area contributed by atoms with Crippen LogP contribution < -0.4 is 4.74 Å². The molecule has 0 spiro atoms. The van der Waals surface area contributed by atoms with E-state index >= 15 is 0 Å². The van der Waals surface area contributed by atoms with E-state index in [-0.39, 0.29) is 5.97 Å². The lowest BCUT2D eigenvalue weighted by Gasteiger charge is -2.13. The third-order valence-corrected chi connectivity index (χ3v) is 11.8. The second-order valence-electron chi connectivity index (χ2n) is 12.4. The molecule has 2 aliphatic heterocycles. The Morgan fingerprint density at radius 1 is 0.958 bits per heavy atom. The Hall–Kier alpha value is -3.86. The summed E-state index contributed by atoms with van der Waals surface area (Å²) >= 11 is 10.7. The van der Waals surface area contributed by atoms with Gasteiger partial charge in [0.1, 0.15) is 11.4 Å². The molecule has 8 rings (SSSR count). The van der Waals surface area contributed by atoms with Crippen molar-refractivity contribution in [2.75, 3.05) is 13.7 Å². The van der Waals surface area contributed by atoms with E-state index in [0.29, 0.717) is 23.7 Å². The monoisotopic (exact) mass is 697 g/mol. The van der Waals surface area contributed by atoms with E-state index in [2.05, 4.69) is 41.1 Å². The van der Waals surface area contributed by atoms with Gasteiger partial charge >= 0.3 is 5.97 Å². The fourth-order valence-corrected chi connectivity index (χ4v) is 9.37. The highest BCUT2D eigenvalue weighted by Crippen LogP contribution is 2.44. The Labute approximate surface area is 292 Å². The van der Waals surface area contributed by atoms with Crippen LogP contribution in [0.15, 0.2) is 59.5 Å². The molecule has 11 heteroatoms. The SMILES string of the molecule is COC(=O)c1c2c3ccc(Cl)c(c3n1C)-c1c(nn3c1CCC3)CSCc1cc(n(C)n1)CSc1cc(c3ccccc3c1)OCCC2. The maximum Gasteiger partial charge on any atom is 0.354 e. The van der Waals surface area contributed by atoms with E-state index in [1.165, 1.54) is 18.5 Å². The predicted molar refractivity (Wildman–Crippen MR) is 194 cm³/mol. The van der Waals surface area contributed by atoms with Gasteiger partial charge in [-0.1, -0.05) is 41.9 Å². The first kappa shape index (κ1) is 31.4. The van der Waals surface area contributed by atoms with Gasteiger partial charge in [-0.15, -0.1) is 23.5 Å². The van der Waals surface area contributed by atoms with Crippen molar-refractivity contribution in [3.8, 4) is 16.9 Å². The number of thioether (sulfide) groups is 2. The predicted octanol–water partition coefficient (Wildman–Crippen LogP) is 8.37. The van der Waals surface area contributed by atoms with Gasteiger partial charge in [-0.25, -0.2) is 4.79 Å². The number of fused-ring (bicyclic) bond motifs is 10. The molecule has 5 heterocycles. The van der Waals surface area contributed by atoms with E-state index in [4.69, 9.17) is 31.3 Å². The van der Waals surface area contributed by atoms with Crippen molar-refractivity contribution in [2.24, 2.45) is 14.1 Å². The van der Waals surface area contributed by atoms with Crippen LogP contribution in [0.4, 0.5) is 0 Å². The molecule has 8 bridgehead atoms. The summed E-state index contributed by atoms with van der Waals surface area (Å²) < 4.78 is 18.0. The molecular weight excluding hydrogens is 662 g/mol. The van der Waals surface area contributed by atoms with Crippen LogP contribution >= 0.6 is 35.1 Å². The van der Waals surface area contributed by atoms with E-state index < -0.39 is 0 Å². The van der Waals surface area contributed by atoms with Crippen molar-refractivity contribution in [2.45, 2.75) is 54.4 Å². The van der Waals surface area contributed by atoms with Gasteiger partial charge in [0.2, 0.25) is 0 Å². The Balaban J connectivity index is 1.27. The molecular formula is C37H36ClN5O3S2. The molecule has 8 nitrogen and oxygen atoms in total. The van der Waals surface area contributed by atoms with Crippen LogP contribution in [0.25, 0.3) is 32.8 Å². The minimum atomic E-state index is -0.359. The smallest absolute Gasteiger partial charge is 0.354 e. The van der Waals surface area contributed by atoms with Crippen LogP contribution in [0.3, 0.4) is 0 Å². The quantitative estimate of drug-likeness (QED) is 0.160. The first-order chi connectivity index (χ1) is 23.4. The molecule has 0 saturated heterocycles. The molecule has 2 aliphatic rings. The molecule has 0 saturated carbocycles. The van der Waals surface area contributed by atoms with E-state index in [1.807, 2.05) is 53.3 Å². The van der Waals surface area contributed by atoms with Gasteiger partial charge in [0.25, 0.3) is 0 Å². The fraction of sp³-hybridized carbons (Fsp3) is 0.324. The molecule has 6 aromatic rings. The summed E-state index contributed by atoms with van der Waals surface area (Å²) in [5, 5.41) is 13.9. The molecule has 0 unspecified atom stereocenters. The van der Waals surface area contributed by atoms with Gasteiger partial charge in [0.05, 0.1) is 35.6 Å². The first-order valence-electron chi connectivity index (χ1n) is 16.3. The summed E-state index contributed by atoms with van der Waals surface area (Å²) in [5.41, 5.74) is 8.92. The summed E-state index contributed by atoms with van der Waals surface area (Å²) in [7, 11) is 5.41. The summed E-state index contributed by atoms with van der Waals surface area (Å²) in [6.07, 6.45) is 3.35. The Morgan fingerprint density at radius 2 is 1.83 bits per heavy atom. The van der Waals surface area contributed by atoms with E-state index in [9.17, 15) is 4.79 Å². The zero-order valence-electron chi connectivity index (χ0n) is 27.2. The number of hydrogen-bond acceptors (Lipinski definition) is 7. The number of ether oxygens (including phenoxy) is 2. The van der Waals surface area contributed by atoms with Gasteiger partial charge < -0.3 is 14.0 Å². The second-order valence-corrected chi connectivity index (χ2v) is 14.9. The number of aromatic nitrogens is 5. The zero-order chi connectivity index (χ0) is 32.9. The molecule has 246 valence electrons. The third kappa shape index (κ3) is 5.47. The molecule has 0 fully saturated rings. The first-order valence-corrected chi connectivity index (χ1v) is 18.8. The van der Waals surface area contributed by atoms with Crippen molar-refractivity contribution in [1.82, 2.24) is 24.1 Å². The maximum atomic E-state index is 13.4. The minimum Gasteiger partial charge on any atom is -0.493 e. The number of carbonyl (C=O) groups excluding carboxylic acids is 1. The van der Waals surface area contributed by atoms with Crippen LogP contribution in [0.1, 0.15) is 51.7 Å². The average Bonchev–Trinajstić information content (AvgIpc) is 3.84. The van der Waals surface area contributed by atoms with Gasteiger partial charge in [-0.05, 0) is 60.9 Å². The lowest BCUT2D eigenvalue weighted by atomic mass is 9.97. The van der Waals surface area contributed by atoms with E-state index in [0.717, 1.165) is 103 Å². The van der Waals surface area contributed by atoms with Crippen molar-refractivity contribution in [3.63, 3.8) is 0 Å². The molecule has 0 N–H and O–H groups in total. The van der Waals surface area contributed by atoms with E-state index in [1.54, 1.807) is 11.8 Å². The van der Waals surface area contributed by atoms with Crippen molar-refractivity contribution in [1.29, 1.82) is 0 Å². The van der Waals surface area contributed by atoms with Crippen molar-refractivity contribution >= 4 is 62.8 Å². The van der Waals surface area contributed by atoms with Crippen LogP contribution in [0, 0.1) is 0 Å². The van der Waals surface area contributed by atoms with Crippen LogP contribution in [0.2, 0.25) is 5.02 Å². The minimum absolute atomic E-state index is 0.359. The van der Waals surface area contributed by atoms with Crippen LogP contribution in [-0.2, 0) is 55.5 Å². The molecule has 0 aliphatic carbocycles. The number of aryl methyl sites for hydroxylation is 4. The molecule has 48 heavy (non-hydrogen) atoms. The summed E-state index contributed by atoms with van der Waals surface area (Å²) in [6, 6.07) is 19.0. The summed E-state index contributed by atoms with van der Waals surface area (Å²) in [5.74, 6) is 2.81. The van der Waals surface area contributed by atoms with Gasteiger partial charge in [0.15, 0.2) is 0 Å². The molecule has 0 amide bonds. The lowest BCUT2D eigenvalue weighted by molar-refractivity contribution is 0.0589. The highest BCUT2D eigenvalue weighted by atomic mass is 35.5. The Morgan fingerprint density at radius 3 is 2.71 bits per heavy atom. The number of hydrogen-bond donors (Lipinski definition) is 0. The average molecular weight is 698 g/mol. The van der Waals surface area contributed by atoms with Gasteiger partial charge in [0, 0.05) is 76.1 Å². The number of nitrogens with zero attached hydrogens (tertiary/aromatic N) is 5. The standard InChI is InChI=1S/C37H36ClN5O3S2/c1-41-35-28-12-13-29(38)33(35)34-30(40-43-14-6-11-31(34)43)21-47-19-23-17-24(42(2)39-23)20-48-25-16-22-8-4-5-9-26(22)32(18-25)46-15-7-10-27(28)36(41)37(44)45-3/h4-5,8-9,12-13,16-18H,6-7,10-11,14-15,19-21H2,1-3H3. The normalized spacial score (nSPS) is 15.2. The zero-order valence-corrected chi connectivity index (χ0v) is 29.6. The Bertz CT molecular complexity index is 2220. The van der Waals surface area contributed by atoms with Crippen molar-refractivity contribution < 1.29 is 14.3 Å². The molecule has 3 aromatic carbocycles. The largest absolute Gasteiger partial charge is 0.493 e. The number of carbonyl (C=O) groups is 1. The second kappa shape index (κ2) is 12.9. The highest BCUT2D eigenvalue weighted by molar-refractivity contribution is 7.98. The van der Waals surface area contributed by atoms with Crippen molar-refractivity contribution in [3.05, 3.63) is 93.7 Å². The molecule has 0 radical (unpaired) electrons. The third-order valence-electron chi connectivity index (χ3n) is 9.48. The van der Waals surface area contributed by atoms with Crippen LogP contribution in [0.5, 0.6) is 5.75 Å². The number of benzene rings is 3. The molecule has 0 atom stereocenters. The fourth-order valence-electron chi connectivity index (χ4n) is 7.29. The number of halogens is 1. The summed E-state index contributed by atoms with van der Waals surface area (Å²) in [6.45, 7) is 1.39. The lowest BCUT2D eigenvalue weighted by Crippen LogP contribution is -2.11. The number of esters is 1. The highest BCUT2D eigenvalue weighted by Gasteiger charge is 2.30.